The first-order valence-corrected chi connectivity index (χ1v) is 9.67. The summed E-state index contributed by atoms with van der Waals surface area (Å²) >= 11 is 6.24. The summed E-state index contributed by atoms with van der Waals surface area (Å²) < 4.78 is 1.57. The molecule has 4 nitrogen and oxygen atoms in total. The third kappa shape index (κ3) is 11.3. The van der Waals surface area contributed by atoms with E-state index >= 15 is 0 Å². The van der Waals surface area contributed by atoms with Gasteiger partial charge in [-0.25, -0.2) is 0 Å². The molecule has 8 heteroatoms. The maximum absolute atomic E-state index is 8.60. The maximum Gasteiger partial charge on any atom is 0.207 e. The quantitative estimate of drug-likeness (QED) is 0.311. The molecule has 0 bridgehead atoms. The number of aliphatic imine (C=N–C) groups is 2. The Bertz CT molecular complexity index is 345. The number of hydrogen-bond donors (Lipinski definition) is 0. The van der Waals surface area contributed by atoms with Crippen molar-refractivity contribution >= 4 is 55.8 Å². The summed E-state index contributed by atoms with van der Waals surface area (Å²) in [6.45, 7) is 4.19. The molecule has 104 valence electrons. The van der Waals surface area contributed by atoms with Gasteiger partial charge in [0.05, 0.1) is 5.08 Å². The largest absolute Gasteiger partial charge is 0.207 e. The first-order chi connectivity index (χ1) is 9.28. The first-order valence-electron chi connectivity index (χ1n) is 5.73. The van der Waals surface area contributed by atoms with Gasteiger partial charge in [0.2, 0.25) is 12.4 Å². The summed E-state index contributed by atoms with van der Waals surface area (Å²) in [5.41, 5.74) is 0. The highest BCUT2D eigenvalue weighted by Gasteiger charge is 2.05. The van der Waals surface area contributed by atoms with E-state index in [0.29, 0.717) is 5.08 Å². The van der Waals surface area contributed by atoms with Crippen molar-refractivity contribution in [2.75, 3.05) is 16.6 Å². The SMILES string of the molecule is CCCSC(=NC#N)SCSC(=NC#N)SCCC. The molecule has 0 rings (SSSR count). The lowest BCUT2D eigenvalue weighted by molar-refractivity contribution is 1.11. The average Bonchev–Trinajstić information content (AvgIpc) is 2.42. The topological polar surface area (TPSA) is 72.3 Å². The highest BCUT2D eigenvalue weighted by molar-refractivity contribution is 8.47. The lowest BCUT2D eigenvalue weighted by atomic mass is 10.6. The van der Waals surface area contributed by atoms with Crippen LogP contribution in [-0.4, -0.2) is 25.3 Å². The molecular formula is C11H16N4S4. The number of rotatable bonds is 6. The van der Waals surface area contributed by atoms with Gasteiger partial charge in [0.1, 0.15) is 8.75 Å². The van der Waals surface area contributed by atoms with E-state index in [4.69, 9.17) is 10.5 Å². The highest BCUT2D eigenvalue weighted by atomic mass is 32.2. The molecule has 0 aliphatic rings. The minimum Gasteiger partial charge on any atom is -0.170 e. The third-order valence-electron chi connectivity index (χ3n) is 1.51. The van der Waals surface area contributed by atoms with Gasteiger partial charge in [-0.2, -0.15) is 20.5 Å². The molecule has 0 aliphatic carbocycles. The van der Waals surface area contributed by atoms with Crippen molar-refractivity contribution in [3.05, 3.63) is 0 Å². The fraction of sp³-hybridized carbons (Fsp3) is 0.636. The zero-order chi connectivity index (χ0) is 14.3. The Morgan fingerprint density at radius 2 is 1.26 bits per heavy atom. The predicted molar refractivity (Wildman–Crippen MR) is 91.6 cm³/mol. The zero-order valence-corrected chi connectivity index (χ0v) is 14.2. The van der Waals surface area contributed by atoms with Gasteiger partial charge in [0.15, 0.2) is 0 Å². The van der Waals surface area contributed by atoms with Gasteiger partial charge in [0.25, 0.3) is 0 Å². The average molecular weight is 333 g/mol. The van der Waals surface area contributed by atoms with E-state index < -0.39 is 0 Å². The minimum absolute atomic E-state index is 0.717. The van der Waals surface area contributed by atoms with Crippen LogP contribution in [-0.2, 0) is 0 Å². The van der Waals surface area contributed by atoms with Crippen LogP contribution in [0.2, 0.25) is 0 Å². The molecule has 0 radical (unpaired) electrons. The molecule has 0 saturated carbocycles. The monoisotopic (exact) mass is 332 g/mol. The smallest absolute Gasteiger partial charge is 0.170 e. The van der Waals surface area contributed by atoms with Crippen molar-refractivity contribution in [2.45, 2.75) is 26.7 Å². The third-order valence-corrected chi connectivity index (χ3v) is 6.44. The Hall–Kier alpha value is -0.280. The van der Waals surface area contributed by atoms with E-state index in [2.05, 4.69) is 23.8 Å². The van der Waals surface area contributed by atoms with Crippen LogP contribution in [0.1, 0.15) is 26.7 Å². The second kappa shape index (κ2) is 14.1. The van der Waals surface area contributed by atoms with E-state index in [0.717, 1.165) is 33.1 Å². The summed E-state index contributed by atoms with van der Waals surface area (Å²) in [6, 6.07) is 0. The molecule has 0 spiro atoms. The molecular weight excluding hydrogens is 316 g/mol. The summed E-state index contributed by atoms with van der Waals surface area (Å²) in [5.74, 6) is 1.92. The van der Waals surface area contributed by atoms with Gasteiger partial charge >= 0.3 is 0 Å². The molecule has 0 atom stereocenters. The van der Waals surface area contributed by atoms with Crippen molar-refractivity contribution < 1.29 is 0 Å². The molecule has 0 fully saturated rings. The van der Waals surface area contributed by atoms with E-state index in [1.165, 1.54) is 23.5 Å². The molecule has 0 N–H and O–H groups in total. The fourth-order valence-corrected chi connectivity index (χ4v) is 5.06. The van der Waals surface area contributed by atoms with Crippen molar-refractivity contribution in [3.63, 3.8) is 0 Å². The van der Waals surface area contributed by atoms with Gasteiger partial charge in [-0.05, 0) is 24.3 Å². The Morgan fingerprint density at radius 1 is 0.842 bits per heavy atom. The summed E-state index contributed by atoms with van der Waals surface area (Å²) in [5, 5.41) is 17.9. The first kappa shape index (κ1) is 18.7. The number of thioether (sulfide) groups is 4. The molecule has 0 aromatic rings. The molecule has 19 heavy (non-hydrogen) atoms. The molecule has 0 unspecified atom stereocenters. The minimum atomic E-state index is 0.717. The van der Waals surface area contributed by atoms with Gasteiger partial charge in [0, 0.05) is 0 Å². The zero-order valence-electron chi connectivity index (χ0n) is 11.0. The second-order valence-electron chi connectivity index (χ2n) is 3.06. The van der Waals surface area contributed by atoms with Crippen molar-refractivity contribution in [3.8, 4) is 12.4 Å². The lowest BCUT2D eigenvalue weighted by Crippen LogP contribution is -1.92. The fourth-order valence-electron chi connectivity index (χ4n) is 0.803. The van der Waals surface area contributed by atoms with Gasteiger partial charge in [-0.3, -0.25) is 0 Å². The summed E-state index contributed by atoms with van der Waals surface area (Å²) in [4.78, 5) is 7.58. The number of nitriles is 2. The molecule has 0 heterocycles. The van der Waals surface area contributed by atoms with Crippen molar-refractivity contribution in [1.82, 2.24) is 0 Å². The van der Waals surface area contributed by atoms with Crippen LogP contribution in [0.4, 0.5) is 0 Å². The van der Waals surface area contributed by atoms with Crippen molar-refractivity contribution in [1.29, 1.82) is 10.5 Å². The standard InChI is InChI=1S/C11H16N4S4/c1-3-5-16-10(14-7-12)18-9-19-11(15-8-13)17-6-4-2/h3-6,9H2,1-2H3. The van der Waals surface area contributed by atoms with Gasteiger partial charge < -0.3 is 0 Å². The lowest BCUT2D eigenvalue weighted by Gasteiger charge is -2.04. The Morgan fingerprint density at radius 3 is 1.58 bits per heavy atom. The Labute approximate surface area is 131 Å². The van der Waals surface area contributed by atoms with Crippen LogP contribution in [0.5, 0.6) is 0 Å². The van der Waals surface area contributed by atoms with Crippen molar-refractivity contribution in [2.24, 2.45) is 9.98 Å². The molecule has 0 amide bonds. The normalized spacial score (nSPS) is 12.0. The maximum atomic E-state index is 8.60. The van der Waals surface area contributed by atoms with Crippen LogP contribution in [0.25, 0.3) is 0 Å². The Balaban J connectivity index is 4.15. The molecule has 0 aromatic heterocycles. The van der Waals surface area contributed by atoms with Gasteiger partial charge in [-0.1, -0.05) is 60.9 Å². The number of nitrogens with zero attached hydrogens (tertiary/aromatic N) is 4. The summed E-state index contributed by atoms with van der Waals surface area (Å²) in [7, 11) is 0. The summed E-state index contributed by atoms with van der Waals surface area (Å²) in [6.07, 6.45) is 5.75. The van der Waals surface area contributed by atoms with E-state index in [1.54, 1.807) is 23.5 Å². The van der Waals surface area contributed by atoms with E-state index in [9.17, 15) is 0 Å². The van der Waals surface area contributed by atoms with Crippen LogP contribution < -0.4 is 0 Å². The van der Waals surface area contributed by atoms with Crippen LogP contribution in [0.3, 0.4) is 0 Å². The van der Waals surface area contributed by atoms with Crippen LogP contribution in [0.15, 0.2) is 9.98 Å². The number of hydrogen-bond acceptors (Lipinski definition) is 8. The predicted octanol–water partition coefficient (Wildman–Crippen LogP) is 4.37. The van der Waals surface area contributed by atoms with Crippen LogP contribution >= 0.6 is 47.0 Å². The second-order valence-corrected chi connectivity index (χ2v) is 8.04. The highest BCUT2D eigenvalue weighted by Crippen LogP contribution is 2.26. The molecule has 0 saturated heterocycles. The molecule has 0 aromatic carbocycles. The molecule has 0 aliphatic heterocycles. The van der Waals surface area contributed by atoms with Crippen LogP contribution in [0, 0.1) is 22.9 Å². The van der Waals surface area contributed by atoms with E-state index in [-0.39, 0.29) is 0 Å². The Kier molecular flexibility index (Phi) is 13.9. The van der Waals surface area contributed by atoms with Gasteiger partial charge in [-0.15, -0.1) is 0 Å². The van der Waals surface area contributed by atoms with E-state index in [1.807, 2.05) is 12.4 Å².